The fourth-order valence-electron chi connectivity index (χ4n) is 3.70. The van der Waals surface area contributed by atoms with Crippen molar-refractivity contribution in [1.82, 2.24) is 14.8 Å². The number of ether oxygens (including phenoxy) is 1. The standard InChI is InChI=1S/C19H21N3O3S/c23-18-15-6-7-17(22(18)9-16-12-26-13-20-16)10-21(8-15)19(24)25-11-14-4-2-1-3-5-14/h1-5,12-13,15,17H,6-11H2/t15-,17+/m1/s1. The molecule has 7 heteroatoms. The summed E-state index contributed by atoms with van der Waals surface area (Å²) < 4.78 is 5.47. The van der Waals surface area contributed by atoms with Gasteiger partial charge in [0.25, 0.3) is 0 Å². The molecule has 3 aliphatic rings. The Morgan fingerprint density at radius 1 is 1.23 bits per heavy atom. The number of piperidine rings is 1. The average molecular weight is 371 g/mol. The molecule has 6 nitrogen and oxygen atoms in total. The Morgan fingerprint density at radius 3 is 2.85 bits per heavy atom. The van der Waals surface area contributed by atoms with Crippen LogP contribution < -0.4 is 0 Å². The molecule has 0 spiro atoms. The molecular formula is C19H21N3O3S. The number of aromatic nitrogens is 1. The highest BCUT2D eigenvalue weighted by molar-refractivity contribution is 7.07. The topological polar surface area (TPSA) is 62.7 Å². The smallest absolute Gasteiger partial charge is 0.410 e. The lowest BCUT2D eigenvalue weighted by Crippen LogP contribution is -2.47. The van der Waals surface area contributed by atoms with Gasteiger partial charge in [-0.15, -0.1) is 11.3 Å². The summed E-state index contributed by atoms with van der Waals surface area (Å²) in [6.07, 6.45) is 1.41. The van der Waals surface area contributed by atoms with Gasteiger partial charge in [0.05, 0.1) is 23.7 Å². The van der Waals surface area contributed by atoms with Crippen LogP contribution in [0.5, 0.6) is 0 Å². The van der Waals surface area contributed by atoms with E-state index in [9.17, 15) is 9.59 Å². The summed E-state index contributed by atoms with van der Waals surface area (Å²) in [6.45, 7) is 1.74. The van der Waals surface area contributed by atoms with Crippen LogP contribution in [0.15, 0.2) is 41.2 Å². The largest absolute Gasteiger partial charge is 0.445 e. The Hall–Kier alpha value is -2.41. The van der Waals surface area contributed by atoms with Crippen LogP contribution in [-0.4, -0.2) is 45.9 Å². The number of nitrogens with zero attached hydrogens (tertiary/aromatic N) is 3. The second-order valence-electron chi connectivity index (χ2n) is 6.82. The van der Waals surface area contributed by atoms with E-state index in [4.69, 9.17) is 4.74 Å². The third-order valence-electron chi connectivity index (χ3n) is 5.07. The zero-order valence-corrected chi connectivity index (χ0v) is 15.2. The maximum absolute atomic E-state index is 12.8. The fourth-order valence-corrected chi connectivity index (χ4v) is 4.25. The summed E-state index contributed by atoms with van der Waals surface area (Å²) in [5.74, 6) is -0.00993. The van der Waals surface area contributed by atoms with Gasteiger partial charge >= 0.3 is 6.09 Å². The minimum Gasteiger partial charge on any atom is -0.445 e. The Morgan fingerprint density at radius 2 is 2.08 bits per heavy atom. The van der Waals surface area contributed by atoms with Crippen LogP contribution in [-0.2, 0) is 22.7 Å². The fraction of sp³-hybridized carbons (Fsp3) is 0.421. The van der Waals surface area contributed by atoms with Gasteiger partial charge in [0.1, 0.15) is 6.61 Å². The maximum Gasteiger partial charge on any atom is 0.410 e. The first-order chi connectivity index (χ1) is 12.7. The van der Waals surface area contributed by atoms with Crippen molar-refractivity contribution in [3.05, 3.63) is 52.5 Å². The van der Waals surface area contributed by atoms with Crippen LogP contribution >= 0.6 is 11.3 Å². The minimum absolute atomic E-state index is 0.0345. The minimum atomic E-state index is -0.339. The van der Waals surface area contributed by atoms with E-state index in [0.717, 1.165) is 24.1 Å². The first-order valence-corrected chi connectivity index (χ1v) is 9.78. The van der Waals surface area contributed by atoms with Crippen molar-refractivity contribution in [3.63, 3.8) is 0 Å². The van der Waals surface area contributed by atoms with Crippen molar-refractivity contribution in [2.45, 2.75) is 32.0 Å². The molecule has 2 aromatic rings. The van der Waals surface area contributed by atoms with E-state index >= 15 is 0 Å². The molecule has 3 aliphatic heterocycles. The molecule has 5 rings (SSSR count). The van der Waals surface area contributed by atoms with Gasteiger partial charge in [-0.05, 0) is 18.4 Å². The van der Waals surface area contributed by atoms with E-state index in [0.29, 0.717) is 19.6 Å². The number of amides is 2. The molecule has 0 saturated carbocycles. The van der Waals surface area contributed by atoms with E-state index < -0.39 is 0 Å². The zero-order valence-electron chi connectivity index (χ0n) is 14.4. The van der Waals surface area contributed by atoms with Crippen LogP contribution in [0.25, 0.3) is 0 Å². The Kier molecular flexibility index (Phi) is 4.88. The molecule has 0 unspecified atom stereocenters. The van der Waals surface area contributed by atoms with Gasteiger partial charge in [0.2, 0.25) is 5.91 Å². The van der Waals surface area contributed by atoms with Crippen molar-refractivity contribution in [1.29, 1.82) is 0 Å². The summed E-state index contributed by atoms with van der Waals surface area (Å²) in [6, 6.07) is 9.67. The normalized spacial score (nSPS) is 22.4. The summed E-state index contributed by atoms with van der Waals surface area (Å²) in [7, 11) is 0. The summed E-state index contributed by atoms with van der Waals surface area (Å²) in [4.78, 5) is 33.2. The average Bonchev–Trinajstić information content (AvgIpc) is 3.03. The van der Waals surface area contributed by atoms with E-state index in [1.165, 1.54) is 11.3 Å². The van der Waals surface area contributed by atoms with Gasteiger partial charge in [-0.2, -0.15) is 0 Å². The summed E-state index contributed by atoms with van der Waals surface area (Å²) >= 11 is 1.53. The number of fused-ring (bicyclic) bond motifs is 4. The molecular weight excluding hydrogens is 350 g/mol. The molecule has 2 bridgehead atoms. The van der Waals surface area contributed by atoms with Gasteiger partial charge in [0.15, 0.2) is 0 Å². The molecule has 0 radical (unpaired) electrons. The van der Waals surface area contributed by atoms with Crippen molar-refractivity contribution >= 4 is 23.3 Å². The summed E-state index contributed by atoms with van der Waals surface area (Å²) in [5, 5.41) is 1.97. The van der Waals surface area contributed by atoms with E-state index in [2.05, 4.69) is 4.98 Å². The van der Waals surface area contributed by atoms with Crippen LogP contribution in [0.3, 0.4) is 0 Å². The van der Waals surface area contributed by atoms with Gasteiger partial charge in [-0.1, -0.05) is 30.3 Å². The quantitative estimate of drug-likeness (QED) is 0.829. The van der Waals surface area contributed by atoms with Crippen LogP contribution in [0.2, 0.25) is 0 Å². The third-order valence-corrected chi connectivity index (χ3v) is 5.71. The summed E-state index contributed by atoms with van der Waals surface area (Å²) in [5.41, 5.74) is 3.65. The SMILES string of the molecule is O=C(OCc1ccccc1)N1C[C@H]2CC[C@@H](C1)N(Cc1cscn1)C2=O. The monoisotopic (exact) mass is 371 g/mol. The molecule has 1 aromatic heterocycles. The predicted molar refractivity (Wildman–Crippen MR) is 97.4 cm³/mol. The van der Waals surface area contributed by atoms with Crippen LogP contribution in [0.4, 0.5) is 4.79 Å². The lowest BCUT2D eigenvalue weighted by molar-refractivity contribution is -0.140. The highest BCUT2D eigenvalue weighted by Gasteiger charge is 2.42. The zero-order chi connectivity index (χ0) is 17.9. The molecule has 26 heavy (non-hydrogen) atoms. The third kappa shape index (κ3) is 3.58. The number of rotatable bonds is 4. The highest BCUT2D eigenvalue weighted by atomic mass is 32.1. The number of hydrogen-bond acceptors (Lipinski definition) is 5. The lowest BCUT2D eigenvalue weighted by atomic mass is 9.94. The molecule has 4 heterocycles. The van der Waals surface area contributed by atoms with Crippen molar-refractivity contribution in [2.24, 2.45) is 5.92 Å². The Labute approximate surface area is 156 Å². The van der Waals surface area contributed by atoms with Crippen molar-refractivity contribution < 1.29 is 14.3 Å². The number of thiazole rings is 1. The Balaban J connectivity index is 1.42. The van der Waals surface area contributed by atoms with E-state index in [1.54, 1.807) is 10.4 Å². The van der Waals surface area contributed by atoms with Gasteiger partial charge in [-0.3, -0.25) is 4.79 Å². The first-order valence-electron chi connectivity index (χ1n) is 8.84. The van der Waals surface area contributed by atoms with Gasteiger partial charge in [-0.25, -0.2) is 9.78 Å². The number of hydrogen-bond donors (Lipinski definition) is 0. The lowest BCUT2D eigenvalue weighted by Gasteiger charge is -2.35. The maximum atomic E-state index is 12.8. The van der Waals surface area contributed by atoms with E-state index in [1.807, 2.05) is 40.6 Å². The van der Waals surface area contributed by atoms with Crippen molar-refractivity contribution in [3.8, 4) is 0 Å². The number of carbonyl (C=O) groups excluding carboxylic acids is 2. The second-order valence-corrected chi connectivity index (χ2v) is 7.54. The second kappa shape index (κ2) is 7.45. The Bertz CT molecular complexity index is 766. The molecule has 2 amide bonds. The molecule has 2 atom stereocenters. The van der Waals surface area contributed by atoms with E-state index in [-0.39, 0.29) is 30.6 Å². The van der Waals surface area contributed by atoms with Gasteiger partial charge < -0.3 is 14.5 Å². The number of carbonyl (C=O) groups is 2. The van der Waals surface area contributed by atoms with Gasteiger partial charge in [0, 0.05) is 24.5 Å². The number of benzene rings is 1. The first kappa shape index (κ1) is 17.0. The predicted octanol–water partition coefficient (Wildman–Crippen LogP) is 2.90. The van der Waals surface area contributed by atoms with Crippen LogP contribution in [0, 0.1) is 5.92 Å². The molecule has 0 aliphatic carbocycles. The van der Waals surface area contributed by atoms with Crippen molar-refractivity contribution in [2.75, 3.05) is 13.1 Å². The molecule has 3 fully saturated rings. The molecule has 3 saturated heterocycles. The molecule has 136 valence electrons. The molecule has 0 N–H and O–H groups in total. The van der Waals surface area contributed by atoms with Crippen LogP contribution in [0.1, 0.15) is 24.1 Å². The molecule has 1 aromatic carbocycles. The highest BCUT2D eigenvalue weighted by Crippen LogP contribution is 2.30.